The van der Waals surface area contributed by atoms with Crippen molar-refractivity contribution in [2.75, 3.05) is 0 Å². The van der Waals surface area contributed by atoms with Gasteiger partial charge in [0.25, 0.3) is 6.43 Å². The van der Waals surface area contributed by atoms with Gasteiger partial charge in [-0.05, 0) is 49.8 Å². The molecule has 192 valence electrons. The van der Waals surface area contributed by atoms with Crippen LogP contribution in [0.2, 0.25) is 0 Å². The predicted octanol–water partition coefficient (Wildman–Crippen LogP) is 7.70. The number of rotatable bonds is 7. The summed E-state index contributed by atoms with van der Waals surface area (Å²) in [5.41, 5.74) is 1.50. The third-order valence-electron chi connectivity index (χ3n) is 5.17. The molecule has 10 heteroatoms. The van der Waals surface area contributed by atoms with E-state index in [0.717, 1.165) is 29.9 Å². The van der Waals surface area contributed by atoms with Crippen LogP contribution in [-0.2, 0) is 13.1 Å². The van der Waals surface area contributed by atoms with Gasteiger partial charge in [0.05, 0.1) is 0 Å². The summed E-state index contributed by atoms with van der Waals surface area (Å²) in [6.45, 7) is 10.1. The molecule has 35 heavy (non-hydrogen) atoms. The molecule has 0 amide bonds. The Morgan fingerprint density at radius 1 is 1.14 bits per heavy atom. The molecule has 4 nitrogen and oxygen atoms in total. The van der Waals surface area contributed by atoms with Crippen LogP contribution in [0.25, 0.3) is 22.0 Å². The average molecular weight is 515 g/mol. The van der Waals surface area contributed by atoms with Gasteiger partial charge in [0.1, 0.15) is 17.3 Å². The molecule has 0 atom stereocenters. The summed E-state index contributed by atoms with van der Waals surface area (Å²) in [6, 6.07) is 3.12. The Hall–Kier alpha value is -2.20. The number of hydrogen-bond donors (Lipinski definition) is 1. The first-order chi connectivity index (χ1) is 16.4. The second kappa shape index (κ2) is 11.2. The van der Waals surface area contributed by atoms with Crippen molar-refractivity contribution >= 4 is 22.9 Å². The van der Waals surface area contributed by atoms with Gasteiger partial charge >= 0.3 is 0 Å². The average Bonchev–Trinajstić information content (AvgIpc) is 3.50. The molecule has 1 saturated carbocycles. The number of fused-ring (bicyclic) bond motifs is 1. The number of aromatic nitrogens is 3. The molecule has 1 aromatic carbocycles. The first-order valence-corrected chi connectivity index (χ1v) is 12.3. The molecule has 0 radical (unpaired) electrons. The number of nitrogens with zero attached hydrogens (tertiary/aromatic N) is 3. The number of aryl methyl sites for hydroxylation is 1. The lowest BCUT2D eigenvalue weighted by atomic mass is 9.96. The molecule has 2 aromatic heterocycles. The molecular weight excluding hydrogens is 483 g/mol. The number of halogens is 5. The van der Waals surface area contributed by atoms with Crippen LogP contribution in [-0.4, -0.2) is 26.2 Å². The van der Waals surface area contributed by atoms with Gasteiger partial charge in [0.2, 0.25) is 6.43 Å². The highest BCUT2D eigenvalue weighted by molar-refractivity contribution is 7.98. The summed E-state index contributed by atoms with van der Waals surface area (Å²) >= 11 is 1.73. The predicted molar refractivity (Wildman–Crippen MR) is 131 cm³/mol. The normalized spacial score (nSPS) is 14.1. The van der Waals surface area contributed by atoms with Gasteiger partial charge in [-0.1, -0.05) is 32.7 Å². The van der Waals surface area contributed by atoms with E-state index in [1.54, 1.807) is 24.9 Å². The van der Waals surface area contributed by atoms with Crippen LogP contribution in [0.4, 0.5) is 22.0 Å². The quantitative estimate of drug-likeness (QED) is 0.259. The van der Waals surface area contributed by atoms with Gasteiger partial charge in [0, 0.05) is 52.8 Å². The third kappa shape index (κ3) is 7.64. The Bertz CT molecular complexity index is 1150. The van der Waals surface area contributed by atoms with Crippen molar-refractivity contribution < 1.29 is 22.0 Å². The summed E-state index contributed by atoms with van der Waals surface area (Å²) in [6.07, 6.45) is 0.811. The van der Waals surface area contributed by atoms with Crippen LogP contribution >= 0.6 is 11.9 Å². The molecule has 1 aliphatic rings. The maximum Gasteiger partial charge on any atom is 0.281 e. The zero-order valence-corrected chi connectivity index (χ0v) is 21.3. The molecule has 2 heterocycles. The molecule has 1 aliphatic carbocycles. The Labute approximate surface area is 206 Å². The second-order valence-electron chi connectivity index (χ2n) is 9.87. The van der Waals surface area contributed by atoms with E-state index in [-0.39, 0.29) is 22.4 Å². The maximum atomic E-state index is 15.2. The minimum Gasteiger partial charge on any atom is -0.347 e. The number of hydrogen-bond acceptors (Lipinski definition) is 4. The van der Waals surface area contributed by atoms with E-state index in [4.69, 9.17) is 0 Å². The molecular formula is C25H31F5N4S. The first-order valence-electron chi connectivity index (χ1n) is 11.5. The van der Waals surface area contributed by atoms with E-state index in [9.17, 15) is 17.6 Å². The van der Waals surface area contributed by atoms with Crippen molar-refractivity contribution in [1.82, 2.24) is 19.3 Å². The minimum atomic E-state index is -2.81. The lowest BCUT2D eigenvalue weighted by Gasteiger charge is -2.20. The molecule has 3 aromatic rings. The molecule has 0 bridgehead atoms. The van der Waals surface area contributed by atoms with Crippen molar-refractivity contribution in [3.63, 3.8) is 0 Å². The number of alkyl halides is 4. The summed E-state index contributed by atoms with van der Waals surface area (Å²) in [7, 11) is 0. The Kier molecular flexibility index (Phi) is 8.80. The SMILES string of the molecule is CC(F)F.Cc1ncc(-c2cc3c(cc2F)c(CNSC2CC2)cn3CC(C)(C)C)c(C(F)F)n1. The highest BCUT2D eigenvalue weighted by Crippen LogP contribution is 2.36. The van der Waals surface area contributed by atoms with E-state index in [2.05, 4.69) is 40.0 Å². The van der Waals surface area contributed by atoms with Crippen molar-refractivity contribution in [3.05, 3.63) is 47.4 Å². The molecule has 0 spiro atoms. The Morgan fingerprint density at radius 2 is 1.80 bits per heavy atom. The molecule has 0 aliphatic heterocycles. The van der Waals surface area contributed by atoms with Gasteiger partial charge in [-0.3, -0.25) is 4.72 Å². The fraction of sp³-hybridized carbons (Fsp3) is 0.520. The van der Waals surface area contributed by atoms with Crippen LogP contribution in [0.15, 0.2) is 24.5 Å². The van der Waals surface area contributed by atoms with Crippen LogP contribution in [0.1, 0.15) is 64.0 Å². The largest absolute Gasteiger partial charge is 0.347 e. The zero-order valence-electron chi connectivity index (χ0n) is 20.5. The second-order valence-corrected chi connectivity index (χ2v) is 11.1. The highest BCUT2D eigenvalue weighted by atomic mass is 32.2. The van der Waals surface area contributed by atoms with E-state index in [0.29, 0.717) is 11.8 Å². The van der Waals surface area contributed by atoms with Crippen LogP contribution < -0.4 is 4.72 Å². The van der Waals surface area contributed by atoms with Crippen molar-refractivity contribution in [2.24, 2.45) is 5.41 Å². The van der Waals surface area contributed by atoms with Crippen molar-refractivity contribution in [1.29, 1.82) is 0 Å². The van der Waals surface area contributed by atoms with Gasteiger partial charge in [-0.15, -0.1) is 0 Å². The van der Waals surface area contributed by atoms with Crippen molar-refractivity contribution in [2.45, 2.75) is 78.7 Å². The minimum absolute atomic E-state index is 0.00490. The standard InChI is InChI=1S/C23H27F3N4S.C2H4F2/c1-13-27-10-18(21(29-13)22(25)26)17-8-20-16(7-19(17)24)14(9-28-31-15-5-6-15)11-30(20)12-23(2,3)4;1-2(3)4/h7-8,10-11,15,22,28H,5-6,9,12H2,1-4H3;2H,1H3. The van der Waals surface area contributed by atoms with Gasteiger partial charge < -0.3 is 4.57 Å². The van der Waals surface area contributed by atoms with E-state index in [1.165, 1.54) is 25.1 Å². The first kappa shape index (κ1) is 27.4. The maximum absolute atomic E-state index is 15.2. The van der Waals surface area contributed by atoms with E-state index in [1.807, 2.05) is 6.20 Å². The van der Waals surface area contributed by atoms with Crippen LogP contribution in [0, 0.1) is 18.2 Å². The fourth-order valence-corrected chi connectivity index (χ4v) is 4.50. The Balaban J connectivity index is 0.000000795. The van der Waals surface area contributed by atoms with Gasteiger partial charge in [0.15, 0.2) is 0 Å². The van der Waals surface area contributed by atoms with Crippen LogP contribution in [0.3, 0.4) is 0 Å². The molecule has 0 saturated heterocycles. The monoisotopic (exact) mass is 514 g/mol. The highest BCUT2D eigenvalue weighted by Gasteiger charge is 2.24. The summed E-state index contributed by atoms with van der Waals surface area (Å²) in [4.78, 5) is 7.91. The van der Waals surface area contributed by atoms with E-state index >= 15 is 4.39 Å². The topological polar surface area (TPSA) is 42.7 Å². The fourth-order valence-electron chi connectivity index (χ4n) is 3.66. The zero-order chi connectivity index (χ0) is 25.9. The Morgan fingerprint density at radius 3 is 2.37 bits per heavy atom. The molecule has 1 N–H and O–H groups in total. The summed E-state index contributed by atoms with van der Waals surface area (Å²) < 4.78 is 68.6. The van der Waals surface area contributed by atoms with E-state index < -0.39 is 24.4 Å². The number of benzene rings is 1. The molecule has 4 rings (SSSR count). The lowest BCUT2D eigenvalue weighted by molar-refractivity contribution is 0.146. The van der Waals surface area contributed by atoms with Gasteiger partial charge in [-0.2, -0.15) is 0 Å². The van der Waals surface area contributed by atoms with Crippen LogP contribution in [0.5, 0.6) is 0 Å². The number of nitrogens with one attached hydrogen (secondary N) is 1. The lowest BCUT2D eigenvalue weighted by Crippen LogP contribution is -2.14. The van der Waals surface area contributed by atoms with Crippen molar-refractivity contribution in [3.8, 4) is 11.1 Å². The smallest absolute Gasteiger partial charge is 0.281 e. The molecule has 0 unspecified atom stereocenters. The summed E-state index contributed by atoms with van der Waals surface area (Å²) in [5, 5.41) is 1.46. The third-order valence-corrected chi connectivity index (χ3v) is 6.29. The van der Waals surface area contributed by atoms with Gasteiger partial charge in [-0.25, -0.2) is 31.9 Å². The summed E-state index contributed by atoms with van der Waals surface area (Å²) in [5.74, 6) is -0.315. The molecule has 1 fully saturated rings.